The van der Waals surface area contributed by atoms with Gasteiger partial charge in [-0.1, -0.05) is 6.07 Å². The molecule has 1 N–H and O–H groups in total. The van der Waals surface area contributed by atoms with Crippen LogP contribution in [0, 0.1) is 25.7 Å². The molecule has 0 radical (unpaired) electrons. The van der Waals surface area contributed by atoms with Crippen molar-refractivity contribution in [2.24, 2.45) is 11.8 Å². The monoisotopic (exact) mass is 260 g/mol. The minimum atomic E-state index is 0.801. The zero-order valence-corrected chi connectivity index (χ0v) is 12.0. The SMILES string of the molecule is Cc1cc(C)cc(OCCN2CC3CNCC3C2)c1. The summed E-state index contributed by atoms with van der Waals surface area (Å²) < 4.78 is 5.89. The van der Waals surface area contributed by atoms with Gasteiger partial charge >= 0.3 is 0 Å². The lowest BCUT2D eigenvalue weighted by molar-refractivity contribution is 0.228. The molecule has 1 aromatic carbocycles. The molecule has 2 unspecified atom stereocenters. The largest absolute Gasteiger partial charge is 0.492 e. The summed E-state index contributed by atoms with van der Waals surface area (Å²) in [6, 6.07) is 6.42. The second kappa shape index (κ2) is 5.51. The highest BCUT2D eigenvalue weighted by Crippen LogP contribution is 2.25. The molecule has 104 valence electrons. The van der Waals surface area contributed by atoms with E-state index in [2.05, 4.69) is 42.3 Å². The first-order chi connectivity index (χ1) is 9.20. The normalized spacial score (nSPS) is 26.6. The van der Waals surface area contributed by atoms with Gasteiger partial charge in [0.1, 0.15) is 12.4 Å². The van der Waals surface area contributed by atoms with Gasteiger partial charge in [-0.05, 0) is 62.0 Å². The lowest BCUT2D eigenvalue weighted by Crippen LogP contribution is -2.29. The van der Waals surface area contributed by atoms with Crippen molar-refractivity contribution in [2.45, 2.75) is 13.8 Å². The molecule has 19 heavy (non-hydrogen) atoms. The van der Waals surface area contributed by atoms with Crippen LogP contribution in [0.15, 0.2) is 18.2 Å². The molecule has 3 heteroatoms. The highest BCUT2D eigenvalue weighted by Gasteiger charge is 2.35. The zero-order chi connectivity index (χ0) is 13.2. The molecule has 2 saturated heterocycles. The molecule has 3 rings (SSSR count). The number of fused-ring (bicyclic) bond motifs is 1. The van der Waals surface area contributed by atoms with E-state index >= 15 is 0 Å². The molecule has 3 nitrogen and oxygen atoms in total. The van der Waals surface area contributed by atoms with Crippen LogP contribution in [0.4, 0.5) is 0 Å². The second-order valence-corrected chi connectivity index (χ2v) is 6.11. The number of benzene rings is 1. The number of nitrogens with zero attached hydrogens (tertiary/aromatic N) is 1. The predicted molar refractivity (Wildman–Crippen MR) is 77.7 cm³/mol. The molecule has 0 spiro atoms. The van der Waals surface area contributed by atoms with Crippen LogP contribution >= 0.6 is 0 Å². The Kier molecular flexibility index (Phi) is 3.76. The first-order valence-electron chi connectivity index (χ1n) is 7.35. The van der Waals surface area contributed by atoms with E-state index in [4.69, 9.17) is 4.74 Å². The van der Waals surface area contributed by atoms with Gasteiger partial charge in [0.25, 0.3) is 0 Å². The molecule has 0 saturated carbocycles. The van der Waals surface area contributed by atoms with Gasteiger partial charge in [-0.3, -0.25) is 4.90 Å². The Morgan fingerprint density at radius 3 is 2.37 bits per heavy atom. The van der Waals surface area contributed by atoms with Crippen LogP contribution in [-0.2, 0) is 0 Å². The first-order valence-corrected chi connectivity index (χ1v) is 7.35. The zero-order valence-electron chi connectivity index (χ0n) is 12.0. The fourth-order valence-corrected chi connectivity index (χ4v) is 3.44. The van der Waals surface area contributed by atoms with E-state index in [1.54, 1.807) is 0 Å². The number of hydrogen-bond acceptors (Lipinski definition) is 3. The van der Waals surface area contributed by atoms with Crippen molar-refractivity contribution >= 4 is 0 Å². The second-order valence-electron chi connectivity index (χ2n) is 6.11. The molecule has 2 heterocycles. The molecule has 0 aliphatic carbocycles. The predicted octanol–water partition coefficient (Wildman–Crippen LogP) is 1.83. The number of ether oxygens (including phenoxy) is 1. The standard InChI is InChI=1S/C16H24N2O/c1-12-5-13(2)7-16(6-12)19-4-3-18-10-14-8-17-9-15(14)11-18/h5-7,14-15,17H,3-4,8-11H2,1-2H3. The third-order valence-electron chi connectivity index (χ3n) is 4.34. The van der Waals surface area contributed by atoms with Crippen LogP contribution in [0.5, 0.6) is 5.75 Å². The molecule has 1 aromatic rings. The quantitative estimate of drug-likeness (QED) is 0.894. The summed E-state index contributed by atoms with van der Waals surface area (Å²) in [6.45, 7) is 11.0. The van der Waals surface area contributed by atoms with Crippen LogP contribution in [0.2, 0.25) is 0 Å². The number of aryl methyl sites for hydroxylation is 2. The molecule has 2 fully saturated rings. The molecule has 0 bridgehead atoms. The van der Waals surface area contributed by atoms with Crippen molar-refractivity contribution in [3.63, 3.8) is 0 Å². The van der Waals surface area contributed by atoms with Crippen molar-refractivity contribution < 1.29 is 4.74 Å². The first kappa shape index (κ1) is 12.9. The average Bonchev–Trinajstić information content (AvgIpc) is 2.88. The van der Waals surface area contributed by atoms with Crippen molar-refractivity contribution in [1.29, 1.82) is 0 Å². The van der Waals surface area contributed by atoms with Gasteiger partial charge in [0.15, 0.2) is 0 Å². The van der Waals surface area contributed by atoms with Crippen LogP contribution in [0.1, 0.15) is 11.1 Å². The smallest absolute Gasteiger partial charge is 0.119 e. The van der Waals surface area contributed by atoms with E-state index in [1.807, 2.05) is 0 Å². The van der Waals surface area contributed by atoms with E-state index in [-0.39, 0.29) is 0 Å². The summed E-state index contributed by atoms with van der Waals surface area (Å²) >= 11 is 0. The molecular formula is C16H24N2O. The van der Waals surface area contributed by atoms with Crippen molar-refractivity contribution in [3.05, 3.63) is 29.3 Å². The maximum Gasteiger partial charge on any atom is 0.119 e. The van der Waals surface area contributed by atoms with Gasteiger partial charge in [-0.15, -0.1) is 0 Å². The van der Waals surface area contributed by atoms with E-state index in [0.717, 1.165) is 30.7 Å². The minimum absolute atomic E-state index is 0.801. The minimum Gasteiger partial charge on any atom is -0.492 e. The van der Waals surface area contributed by atoms with Crippen LogP contribution in [0.3, 0.4) is 0 Å². The van der Waals surface area contributed by atoms with E-state index in [0.29, 0.717) is 0 Å². The summed E-state index contributed by atoms with van der Waals surface area (Å²) in [5.41, 5.74) is 2.55. The fraction of sp³-hybridized carbons (Fsp3) is 0.625. The Morgan fingerprint density at radius 1 is 1.11 bits per heavy atom. The van der Waals surface area contributed by atoms with Crippen molar-refractivity contribution in [3.8, 4) is 5.75 Å². The van der Waals surface area contributed by atoms with E-state index in [1.165, 1.54) is 37.3 Å². The van der Waals surface area contributed by atoms with Gasteiger partial charge < -0.3 is 10.1 Å². The summed E-state index contributed by atoms with van der Waals surface area (Å²) in [7, 11) is 0. The molecule has 2 atom stereocenters. The molecule has 0 aromatic heterocycles. The van der Waals surface area contributed by atoms with Gasteiger partial charge in [0.2, 0.25) is 0 Å². The molecule has 2 aliphatic heterocycles. The Hall–Kier alpha value is -1.06. The van der Waals surface area contributed by atoms with Gasteiger partial charge in [-0.2, -0.15) is 0 Å². The van der Waals surface area contributed by atoms with E-state index < -0.39 is 0 Å². The third-order valence-corrected chi connectivity index (χ3v) is 4.34. The molecular weight excluding hydrogens is 236 g/mol. The lowest BCUT2D eigenvalue weighted by Gasteiger charge is -2.17. The lowest BCUT2D eigenvalue weighted by atomic mass is 10.0. The number of nitrogens with one attached hydrogen (secondary N) is 1. The highest BCUT2D eigenvalue weighted by molar-refractivity contribution is 5.32. The van der Waals surface area contributed by atoms with Gasteiger partial charge in [0.05, 0.1) is 0 Å². The summed E-state index contributed by atoms with van der Waals surface area (Å²) in [6.07, 6.45) is 0. The Labute approximate surface area is 115 Å². The third kappa shape index (κ3) is 3.10. The number of rotatable bonds is 4. The Morgan fingerprint density at radius 2 is 1.74 bits per heavy atom. The summed E-state index contributed by atoms with van der Waals surface area (Å²) in [5.74, 6) is 2.76. The van der Waals surface area contributed by atoms with Gasteiger partial charge in [0, 0.05) is 19.6 Å². The number of likely N-dealkylation sites (tertiary alicyclic amines) is 1. The van der Waals surface area contributed by atoms with Crippen molar-refractivity contribution in [1.82, 2.24) is 10.2 Å². The van der Waals surface area contributed by atoms with E-state index in [9.17, 15) is 0 Å². The highest BCUT2D eigenvalue weighted by atomic mass is 16.5. The summed E-state index contributed by atoms with van der Waals surface area (Å²) in [5, 5.41) is 3.48. The average molecular weight is 260 g/mol. The van der Waals surface area contributed by atoms with Crippen LogP contribution in [0.25, 0.3) is 0 Å². The fourth-order valence-electron chi connectivity index (χ4n) is 3.44. The summed E-state index contributed by atoms with van der Waals surface area (Å²) in [4.78, 5) is 2.55. The Bertz CT molecular complexity index is 414. The van der Waals surface area contributed by atoms with Crippen molar-refractivity contribution in [2.75, 3.05) is 39.3 Å². The molecule has 0 amide bonds. The Balaban J connectivity index is 1.46. The number of hydrogen-bond donors (Lipinski definition) is 1. The van der Waals surface area contributed by atoms with Crippen LogP contribution < -0.4 is 10.1 Å². The van der Waals surface area contributed by atoms with Gasteiger partial charge in [-0.25, -0.2) is 0 Å². The maximum atomic E-state index is 5.89. The molecule has 2 aliphatic rings. The maximum absolute atomic E-state index is 5.89. The van der Waals surface area contributed by atoms with Crippen LogP contribution in [-0.4, -0.2) is 44.2 Å². The topological polar surface area (TPSA) is 24.5 Å².